The van der Waals surface area contributed by atoms with Gasteiger partial charge in [0.05, 0.1) is 4.92 Å². The maximum absolute atomic E-state index is 12.1. The van der Waals surface area contributed by atoms with Crippen molar-refractivity contribution < 1.29 is 9.72 Å². The normalized spacial score (nSPS) is 16.0. The summed E-state index contributed by atoms with van der Waals surface area (Å²) >= 11 is 5.74. The first-order valence-corrected chi connectivity index (χ1v) is 6.73. The van der Waals surface area contributed by atoms with E-state index in [0.29, 0.717) is 0 Å². The Labute approximate surface area is 121 Å². The fourth-order valence-electron chi connectivity index (χ4n) is 2.16. The highest BCUT2D eigenvalue weighted by Gasteiger charge is 2.25. The molecule has 0 aliphatic carbocycles. The molecule has 2 rings (SSSR count). The number of pyridine rings is 1. The van der Waals surface area contributed by atoms with Gasteiger partial charge < -0.3 is 10.2 Å². The van der Waals surface area contributed by atoms with Crippen LogP contribution in [0.25, 0.3) is 0 Å². The van der Waals surface area contributed by atoms with Crippen LogP contribution in [0.4, 0.5) is 11.5 Å². The van der Waals surface area contributed by atoms with Crippen LogP contribution in [0.5, 0.6) is 0 Å². The molecule has 1 amide bonds. The standard InChI is InChI=1S/C12H15ClN4O3/c1-8(12(18)16-6-2-3-7-16)14-11-9(17(19)20)4-5-10(13)15-11/h4-5,8H,2-3,6-7H2,1H3,(H,14,15). The van der Waals surface area contributed by atoms with E-state index >= 15 is 0 Å². The summed E-state index contributed by atoms with van der Waals surface area (Å²) in [6.45, 7) is 3.12. The van der Waals surface area contributed by atoms with Crippen LogP contribution in [0.2, 0.25) is 5.15 Å². The van der Waals surface area contributed by atoms with Crippen molar-refractivity contribution in [3.63, 3.8) is 0 Å². The Morgan fingerprint density at radius 2 is 2.15 bits per heavy atom. The second kappa shape index (κ2) is 6.04. The fraction of sp³-hybridized carbons (Fsp3) is 0.500. The van der Waals surface area contributed by atoms with E-state index in [2.05, 4.69) is 10.3 Å². The van der Waals surface area contributed by atoms with Gasteiger partial charge >= 0.3 is 5.69 Å². The van der Waals surface area contributed by atoms with Crippen molar-refractivity contribution in [3.8, 4) is 0 Å². The molecule has 1 fully saturated rings. The number of nitro groups is 1. The summed E-state index contributed by atoms with van der Waals surface area (Å²) in [6, 6.07) is 2.03. The average molecular weight is 299 g/mol. The molecule has 8 heteroatoms. The topological polar surface area (TPSA) is 88.4 Å². The van der Waals surface area contributed by atoms with Crippen LogP contribution in [0.3, 0.4) is 0 Å². The van der Waals surface area contributed by atoms with Gasteiger partial charge in [-0.15, -0.1) is 0 Å². The summed E-state index contributed by atoms with van der Waals surface area (Å²) in [5.74, 6) is -0.0684. The number of carbonyl (C=O) groups excluding carboxylic acids is 1. The lowest BCUT2D eigenvalue weighted by atomic mass is 10.2. The molecule has 1 saturated heterocycles. The van der Waals surface area contributed by atoms with Crippen LogP contribution in [0.15, 0.2) is 12.1 Å². The van der Waals surface area contributed by atoms with Crippen molar-refractivity contribution in [2.45, 2.75) is 25.8 Å². The highest BCUT2D eigenvalue weighted by atomic mass is 35.5. The van der Waals surface area contributed by atoms with Gasteiger partial charge in [0.1, 0.15) is 11.2 Å². The quantitative estimate of drug-likeness (QED) is 0.522. The van der Waals surface area contributed by atoms with Gasteiger partial charge in [-0.25, -0.2) is 4.98 Å². The van der Waals surface area contributed by atoms with Gasteiger partial charge in [0.25, 0.3) is 0 Å². The summed E-state index contributed by atoms with van der Waals surface area (Å²) < 4.78 is 0. The third-order valence-corrected chi connectivity index (χ3v) is 3.39. The summed E-state index contributed by atoms with van der Waals surface area (Å²) in [4.78, 5) is 28.1. The van der Waals surface area contributed by atoms with Crippen LogP contribution >= 0.6 is 11.6 Å². The lowest BCUT2D eigenvalue weighted by Crippen LogP contribution is -2.39. The third kappa shape index (κ3) is 3.16. The minimum Gasteiger partial charge on any atom is -0.353 e. The Morgan fingerprint density at radius 1 is 1.50 bits per heavy atom. The molecule has 0 radical (unpaired) electrons. The van der Waals surface area contributed by atoms with Gasteiger partial charge in [-0.2, -0.15) is 0 Å². The van der Waals surface area contributed by atoms with Gasteiger partial charge in [-0.3, -0.25) is 14.9 Å². The minimum absolute atomic E-state index is 0.0162. The van der Waals surface area contributed by atoms with Gasteiger partial charge in [-0.1, -0.05) is 11.6 Å². The number of nitrogens with zero attached hydrogens (tertiary/aromatic N) is 3. The molecule has 20 heavy (non-hydrogen) atoms. The molecule has 1 aliphatic heterocycles. The predicted octanol–water partition coefficient (Wildman–Crippen LogP) is 2.07. The zero-order chi connectivity index (χ0) is 14.7. The third-order valence-electron chi connectivity index (χ3n) is 3.18. The fourth-order valence-corrected chi connectivity index (χ4v) is 2.31. The molecule has 7 nitrogen and oxygen atoms in total. The highest BCUT2D eigenvalue weighted by molar-refractivity contribution is 6.29. The molecule has 1 aromatic rings. The van der Waals surface area contributed by atoms with Gasteiger partial charge in [0, 0.05) is 19.2 Å². The molecule has 108 valence electrons. The Morgan fingerprint density at radius 3 is 2.75 bits per heavy atom. The maximum Gasteiger partial charge on any atom is 0.311 e. The van der Waals surface area contributed by atoms with E-state index in [9.17, 15) is 14.9 Å². The molecular weight excluding hydrogens is 284 g/mol. The van der Waals surface area contributed by atoms with Crippen LogP contribution in [-0.2, 0) is 4.79 Å². The number of anilines is 1. The number of hydrogen-bond donors (Lipinski definition) is 1. The highest BCUT2D eigenvalue weighted by Crippen LogP contribution is 2.25. The average Bonchev–Trinajstić information content (AvgIpc) is 2.91. The van der Waals surface area contributed by atoms with E-state index in [1.165, 1.54) is 12.1 Å². The van der Waals surface area contributed by atoms with Gasteiger partial charge in [-0.05, 0) is 25.8 Å². The molecule has 1 N–H and O–H groups in total. The summed E-state index contributed by atoms with van der Waals surface area (Å²) in [5, 5.41) is 13.8. The minimum atomic E-state index is -0.585. The van der Waals surface area contributed by atoms with Crippen molar-refractivity contribution in [2.75, 3.05) is 18.4 Å². The zero-order valence-corrected chi connectivity index (χ0v) is 11.8. The number of amides is 1. The summed E-state index contributed by atoms with van der Waals surface area (Å²) in [6.07, 6.45) is 1.99. The van der Waals surface area contributed by atoms with Gasteiger partial charge in [0.2, 0.25) is 11.7 Å². The molecular formula is C12H15ClN4O3. The second-order valence-electron chi connectivity index (χ2n) is 4.66. The van der Waals surface area contributed by atoms with Crippen molar-refractivity contribution in [2.24, 2.45) is 0 Å². The number of nitrogens with one attached hydrogen (secondary N) is 1. The Bertz CT molecular complexity index is 531. The number of aromatic nitrogens is 1. The smallest absolute Gasteiger partial charge is 0.311 e. The van der Waals surface area contributed by atoms with Gasteiger partial charge in [0.15, 0.2) is 0 Å². The molecule has 0 saturated carbocycles. The lowest BCUT2D eigenvalue weighted by molar-refractivity contribution is -0.384. The van der Waals surface area contributed by atoms with Crippen LogP contribution in [0, 0.1) is 10.1 Å². The van der Waals surface area contributed by atoms with E-state index in [1.54, 1.807) is 11.8 Å². The van der Waals surface area contributed by atoms with Crippen molar-refractivity contribution in [3.05, 3.63) is 27.4 Å². The largest absolute Gasteiger partial charge is 0.353 e. The van der Waals surface area contributed by atoms with Crippen LogP contribution < -0.4 is 5.32 Å². The molecule has 1 aliphatic rings. The molecule has 1 atom stereocenters. The number of likely N-dealkylation sites (tertiary alicyclic amines) is 1. The molecule has 1 aromatic heterocycles. The summed E-state index contributed by atoms with van der Waals surface area (Å²) in [5.41, 5.74) is -0.199. The van der Waals surface area contributed by atoms with E-state index < -0.39 is 11.0 Å². The van der Waals surface area contributed by atoms with E-state index in [4.69, 9.17) is 11.6 Å². The summed E-state index contributed by atoms with van der Waals surface area (Å²) in [7, 11) is 0. The van der Waals surface area contributed by atoms with E-state index in [-0.39, 0.29) is 22.6 Å². The first kappa shape index (κ1) is 14.5. The molecule has 0 aromatic carbocycles. The zero-order valence-electron chi connectivity index (χ0n) is 11.0. The molecule has 1 unspecified atom stereocenters. The molecule has 2 heterocycles. The van der Waals surface area contributed by atoms with Crippen LogP contribution in [-0.4, -0.2) is 39.8 Å². The molecule has 0 spiro atoms. The monoisotopic (exact) mass is 298 g/mol. The first-order chi connectivity index (χ1) is 9.49. The Hall–Kier alpha value is -1.89. The number of rotatable bonds is 4. The molecule has 0 bridgehead atoms. The van der Waals surface area contributed by atoms with E-state index in [1.807, 2.05) is 0 Å². The Balaban J connectivity index is 2.14. The van der Waals surface area contributed by atoms with Crippen LogP contribution in [0.1, 0.15) is 19.8 Å². The first-order valence-electron chi connectivity index (χ1n) is 6.35. The number of hydrogen-bond acceptors (Lipinski definition) is 5. The Kier molecular flexibility index (Phi) is 4.39. The number of carbonyl (C=O) groups is 1. The lowest BCUT2D eigenvalue weighted by Gasteiger charge is -2.21. The number of halogens is 1. The second-order valence-corrected chi connectivity index (χ2v) is 5.04. The SMILES string of the molecule is CC(Nc1nc(Cl)ccc1[N+](=O)[O-])C(=O)N1CCCC1. The van der Waals surface area contributed by atoms with Crippen molar-refractivity contribution in [1.82, 2.24) is 9.88 Å². The predicted molar refractivity (Wildman–Crippen MR) is 74.8 cm³/mol. The van der Waals surface area contributed by atoms with E-state index in [0.717, 1.165) is 25.9 Å². The maximum atomic E-state index is 12.1. The van der Waals surface area contributed by atoms with Crippen molar-refractivity contribution >= 4 is 29.0 Å². The van der Waals surface area contributed by atoms with Crippen molar-refractivity contribution in [1.29, 1.82) is 0 Å².